The van der Waals surface area contributed by atoms with E-state index in [-0.39, 0.29) is 36.4 Å². The van der Waals surface area contributed by atoms with E-state index >= 15 is 0 Å². The number of hydrogen-bond acceptors (Lipinski definition) is 4. The van der Waals surface area contributed by atoms with Gasteiger partial charge in [0.1, 0.15) is 12.0 Å². The third kappa shape index (κ3) is 7.58. The average molecular weight is 485 g/mol. The molecule has 0 aliphatic carbocycles. The molecule has 8 heteroatoms. The SMILES string of the molecule is CCCNC(=NCc1coc(-c2ccc(C)cc2)n1)NCC(=O)N(C)C.I. The van der Waals surface area contributed by atoms with E-state index in [4.69, 9.17) is 4.42 Å². The molecule has 1 amide bonds. The number of guanidine groups is 1. The number of hydrogen-bond donors (Lipinski definition) is 2. The molecule has 0 atom stereocenters. The summed E-state index contributed by atoms with van der Waals surface area (Å²) in [4.78, 5) is 22.2. The molecule has 2 rings (SSSR count). The number of aryl methyl sites for hydroxylation is 1. The lowest BCUT2D eigenvalue weighted by Gasteiger charge is -2.14. The maximum Gasteiger partial charge on any atom is 0.241 e. The van der Waals surface area contributed by atoms with Crippen LogP contribution in [0.1, 0.15) is 24.6 Å². The van der Waals surface area contributed by atoms with Gasteiger partial charge in [-0.05, 0) is 25.5 Å². The molecule has 7 nitrogen and oxygen atoms in total. The normalized spacial score (nSPS) is 10.9. The average Bonchev–Trinajstić information content (AvgIpc) is 3.10. The minimum atomic E-state index is -0.0147. The lowest BCUT2D eigenvalue weighted by Crippen LogP contribution is -2.43. The number of benzene rings is 1. The highest BCUT2D eigenvalue weighted by Crippen LogP contribution is 2.19. The number of likely N-dealkylation sites (N-methyl/N-ethyl adjacent to an activating group) is 1. The number of aromatic nitrogens is 1. The Labute approximate surface area is 177 Å². The summed E-state index contributed by atoms with van der Waals surface area (Å²) in [6, 6.07) is 8.01. The van der Waals surface area contributed by atoms with Crippen molar-refractivity contribution in [2.45, 2.75) is 26.8 Å². The lowest BCUT2D eigenvalue weighted by atomic mass is 10.1. The van der Waals surface area contributed by atoms with Crippen molar-refractivity contribution in [3.8, 4) is 11.5 Å². The molecule has 0 saturated heterocycles. The van der Waals surface area contributed by atoms with Gasteiger partial charge in [-0.25, -0.2) is 9.98 Å². The minimum Gasteiger partial charge on any atom is -0.444 e. The van der Waals surface area contributed by atoms with Crippen molar-refractivity contribution in [1.29, 1.82) is 0 Å². The molecular formula is C19H28IN5O2. The first-order chi connectivity index (χ1) is 12.5. The van der Waals surface area contributed by atoms with Gasteiger partial charge in [0.15, 0.2) is 5.96 Å². The van der Waals surface area contributed by atoms with Gasteiger partial charge in [0.05, 0.1) is 13.1 Å². The Kier molecular flexibility index (Phi) is 9.84. The molecule has 2 aromatic rings. The molecule has 0 saturated carbocycles. The molecule has 1 heterocycles. The molecule has 0 bridgehead atoms. The van der Waals surface area contributed by atoms with E-state index in [1.807, 2.05) is 31.2 Å². The van der Waals surface area contributed by atoms with Gasteiger partial charge in [-0.15, -0.1) is 24.0 Å². The first-order valence-corrected chi connectivity index (χ1v) is 8.73. The Morgan fingerprint density at radius 1 is 1.22 bits per heavy atom. The number of nitrogens with one attached hydrogen (secondary N) is 2. The predicted molar refractivity (Wildman–Crippen MR) is 118 cm³/mol. The third-order valence-electron chi connectivity index (χ3n) is 3.70. The molecule has 1 aromatic carbocycles. The fraction of sp³-hybridized carbons (Fsp3) is 0.421. The van der Waals surface area contributed by atoms with Gasteiger partial charge in [0.25, 0.3) is 0 Å². The Balaban J connectivity index is 0.00000364. The highest BCUT2D eigenvalue weighted by atomic mass is 127. The third-order valence-corrected chi connectivity index (χ3v) is 3.70. The van der Waals surface area contributed by atoms with Crippen molar-refractivity contribution in [3.63, 3.8) is 0 Å². The number of carbonyl (C=O) groups is 1. The molecule has 0 spiro atoms. The van der Waals surface area contributed by atoms with Crippen LogP contribution in [0.25, 0.3) is 11.5 Å². The van der Waals surface area contributed by atoms with Crippen LogP contribution in [0, 0.1) is 6.92 Å². The molecule has 0 aliphatic heterocycles. The standard InChI is InChI=1S/C19H27N5O2.HI/c1-5-10-20-19(22-12-17(25)24(3)4)21-11-16-13-26-18(23-16)15-8-6-14(2)7-9-15;/h6-9,13H,5,10-12H2,1-4H3,(H2,20,21,22);1H. The maximum atomic E-state index is 11.7. The van der Waals surface area contributed by atoms with E-state index in [1.165, 1.54) is 10.5 Å². The topological polar surface area (TPSA) is 82.8 Å². The van der Waals surface area contributed by atoms with Gasteiger partial charge in [0, 0.05) is 26.2 Å². The fourth-order valence-corrected chi connectivity index (χ4v) is 2.10. The van der Waals surface area contributed by atoms with E-state index in [2.05, 4.69) is 27.5 Å². The van der Waals surface area contributed by atoms with Crippen LogP contribution in [-0.4, -0.2) is 48.9 Å². The quantitative estimate of drug-likeness (QED) is 0.358. The highest BCUT2D eigenvalue weighted by Gasteiger charge is 2.08. The zero-order valence-corrected chi connectivity index (χ0v) is 18.6. The van der Waals surface area contributed by atoms with Crippen LogP contribution < -0.4 is 10.6 Å². The second-order valence-corrected chi connectivity index (χ2v) is 6.24. The van der Waals surface area contributed by atoms with Crippen LogP contribution >= 0.6 is 24.0 Å². The van der Waals surface area contributed by atoms with Crippen molar-refractivity contribution >= 4 is 35.8 Å². The van der Waals surface area contributed by atoms with Crippen LogP contribution in [0.5, 0.6) is 0 Å². The Morgan fingerprint density at radius 3 is 2.56 bits per heavy atom. The second-order valence-electron chi connectivity index (χ2n) is 6.24. The summed E-state index contributed by atoms with van der Waals surface area (Å²) < 4.78 is 5.55. The van der Waals surface area contributed by atoms with E-state index in [9.17, 15) is 4.79 Å². The number of amides is 1. The van der Waals surface area contributed by atoms with Gasteiger partial charge in [-0.3, -0.25) is 4.79 Å². The number of oxazole rings is 1. The zero-order valence-electron chi connectivity index (χ0n) is 16.3. The van der Waals surface area contributed by atoms with Crippen molar-refractivity contribution in [2.75, 3.05) is 27.2 Å². The van der Waals surface area contributed by atoms with Crippen LogP contribution in [-0.2, 0) is 11.3 Å². The van der Waals surface area contributed by atoms with Crippen molar-refractivity contribution in [1.82, 2.24) is 20.5 Å². The Hall–Kier alpha value is -2.10. The summed E-state index contributed by atoms with van der Waals surface area (Å²) in [6.07, 6.45) is 2.57. The summed E-state index contributed by atoms with van der Waals surface area (Å²) >= 11 is 0. The summed E-state index contributed by atoms with van der Waals surface area (Å²) in [5.41, 5.74) is 2.86. The van der Waals surface area contributed by atoms with Gasteiger partial charge in [-0.1, -0.05) is 24.6 Å². The molecule has 148 valence electrons. The number of aliphatic imine (C=N–C) groups is 1. The van der Waals surface area contributed by atoms with E-state index < -0.39 is 0 Å². The summed E-state index contributed by atoms with van der Waals surface area (Å²) in [5, 5.41) is 6.23. The summed E-state index contributed by atoms with van der Waals surface area (Å²) in [7, 11) is 3.45. The Bertz CT molecular complexity index is 741. The summed E-state index contributed by atoms with van der Waals surface area (Å²) in [5.74, 6) is 1.15. The van der Waals surface area contributed by atoms with E-state index in [0.29, 0.717) is 18.4 Å². The second kappa shape index (κ2) is 11.6. The lowest BCUT2D eigenvalue weighted by molar-refractivity contribution is -0.127. The molecule has 1 aromatic heterocycles. The molecule has 2 N–H and O–H groups in total. The molecular weight excluding hydrogens is 457 g/mol. The van der Waals surface area contributed by atoms with Crippen LogP contribution in [0.2, 0.25) is 0 Å². The van der Waals surface area contributed by atoms with Crippen LogP contribution in [0.4, 0.5) is 0 Å². The highest BCUT2D eigenvalue weighted by molar-refractivity contribution is 14.0. The monoisotopic (exact) mass is 485 g/mol. The number of halogens is 1. The molecule has 27 heavy (non-hydrogen) atoms. The van der Waals surface area contributed by atoms with Gasteiger partial charge in [-0.2, -0.15) is 0 Å². The number of nitrogens with zero attached hydrogens (tertiary/aromatic N) is 3. The van der Waals surface area contributed by atoms with Gasteiger partial charge >= 0.3 is 0 Å². The Morgan fingerprint density at radius 2 is 1.93 bits per heavy atom. The van der Waals surface area contributed by atoms with E-state index in [1.54, 1.807) is 20.4 Å². The van der Waals surface area contributed by atoms with Crippen molar-refractivity contribution in [2.24, 2.45) is 4.99 Å². The first-order valence-electron chi connectivity index (χ1n) is 8.73. The van der Waals surface area contributed by atoms with Gasteiger partial charge < -0.3 is 20.0 Å². The molecule has 0 fully saturated rings. The van der Waals surface area contributed by atoms with Gasteiger partial charge in [0.2, 0.25) is 11.8 Å². The molecule has 0 unspecified atom stereocenters. The predicted octanol–water partition coefficient (Wildman–Crippen LogP) is 2.80. The van der Waals surface area contributed by atoms with Crippen LogP contribution in [0.15, 0.2) is 39.9 Å². The maximum absolute atomic E-state index is 11.7. The fourth-order valence-electron chi connectivity index (χ4n) is 2.10. The largest absolute Gasteiger partial charge is 0.444 e. The first kappa shape index (κ1) is 22.9. The number of rotatable bonds is 7. The molecule has 0 radical (unpaired) electrons. The minimum absolute atomic E-state index is 0. The smallest absolute Gasteiger partial charge is 0.241 e. The van der Waals surface area contributed by atoms with E-state index in [0.717, 1.165) is 24.2 Å². The van der Waals surface area contributed by atoms with Crippen LogP contribution in [0.3, 0.4) is 0 Å². The van der Waals surface area contributed by atoms with Crippen molar-refractivity contribution < 1.29 is 9.21 Å². The summed E-state index contributed by atoms with van der Waals surface area (Å²) in [6.45, 7) is 5.44. The molecule has 0 aliphatic rings. The zero-order chi connectivity index (χ0) is 18.9. The number of carbonyl (C=O) groups excluding carboxylic acids is 1. The van der Waals surface area contributed by atoms with Crippen molar-refractivity contribution in [3.05, 3.63) is 41.8 Å².